The van der Waals surface area contributed by atoms with Gasteiger partial charge in [-0.25, -0.2) is 0 Å². The SMILES string of the molecule is CCC/C=C\CCCCCCCC(=O)OCC(COC(=O)CCCCCCCCCCCCCCCCC/C=C\C/C=C\CCCCCCC)OC(=O)CCCCCCCCCCCCCCC. The Bertz CT molecular complexity index is 1140. The summed E-state index contributed by atoms with van der Waals surface area (Å²) in [4.78, 5) is 38.0. The molecule has 0 aromatic rings. The van der Waals surface area contributed by atoms with E-state index in [2.05, 4.69) is 57.2 Å². The third-order valence-corrected chi connectivity index (χ3v) is 13.3. The molecule has 398 valence electrons. The van der Waals surface area contributed by atoms with Crippen molar-refractivity contribution in [2.45, 2.75) is 329 Å². The number of allylic oxidation sites excluding steroid dienone is 6. The van der Waals surface area contributed by atoms with Crippen molar-refractivity contribution in [3.63, 3.8) is 0 Å². The van der Waals surface area contributed by atoms with Crippen molar-refractivity contribution in [3.05, 3.63) is 36.5 Å². The second-order valence-corrected chi connectivity index (χ2v) is 20.3. The number of carbonyl (C=O) groups is 3. The summed E-state index contributed by atoms with van der Waals surface area (Å²) in [5.74, 6) is -0.865. The van der Waals surface area contributed by atoms with Gasteiger partial charge in [-0.2, -0.15) is 0 Å². The Morgan fingerprint density at radius 3 is 0.882 bits per heavy atom. The molecule has 0 bridgehead atoms. The number of rotatable bonds is 55. The zero-order chi connectivity index (χ0) is 49.3. The molecule has 0 saturated carbocycles. The van der Waals surface area contributed by atoms with Gasteiger partial charge in [-0.15, -0.1) is 0 Å². The average Bonchev–Trinajstić information content (AvgIpc) is 3.34. The molecule has 1 atom stereocenters. The molecule has 0 fully saturated rings. The minimum atomic E-state index is -0.770. The molecular formula is C62H114O6. The molecule has 0 aliphatic rings. The van der Waals surface area contributed by atoms with Gasteiger partial charge in [0.25, 0.3) is 0 Å². The van der Waals surface area contributed by atoms with Gasteiger partial charge in [0.15, 0.2) is 6.10 Å². The van der Waals surface area contributed by atoms with E-state index in [1.165, 1.54) is 205 Å². The van der Waals surface area contributed by atoms with Crippen molar-refractivity contribution in [2.75, 3.05) is 13.2 Å². The number of esters is 3. The van der Waals surface area contributed by atoms with Crippen LogP contribution in [0.2, 0.25) is 0 Å². The van der Waals surface area contributed by atoms with Crippen LogP contribution >= 0.6 is 0 Å². The fourth-order valence-corrected chi connectivity index (χ4v) is 8.83. The van der Waals surface area contributed by atoms with Gasteiger partial charge in [-0.05, 0) is 70.6 Å². The molecule has 1 unspecified atom stereocenters. The predicted octanol–water partition coefficient (Wildman–Crippen LogP) is 20.0. The van der Waals surface area contributed by atoms with Gasteiger partial charge in [0.05, 0.1) is 0 Å². The summed E-state index contributed by atoms with van der Waals surface area (Å²) in [6.07, 6.45) is 68.7. The van der Waals surface area contributed by atoms with E-state index in [1.807, 2.05) is 0 Å². The van der Waals surface area contributed by atoms with E-state index >= 15 is 0 Å². The van der Waals surface area contributed by atoms with Gasteiger partial charge in [0.2, 0.25) is 0 Å². The molecule has 0 amide bonds. The summed E-state index contributed by atoms with van der Waals surface area (Å²) in [5.41, 5.74) is 0. The highest BCUT2D eigenvalue weighted by Gasteiger charge is 2.19. The van der Waals surface area contributed by atoms with Crippen LogP contribution < -0.4 is 0 Å². The van der Waals surface area contributed by atoms with E-state index in [-0.39, 0.29) is 31.1 Å². The molecular weight excluding hydrogens is 841 g/mol. The molecule has 0 aliphatic carbocycles. The standard InChI is InChI=1S/C62H114O6/c1-4-7-10-13-16-19-22-24-25-26-27-28-29-30-31-32-33-34-35-36-37-39-40-43-46-49-52-55-61(64)67-58-59(57-66-60(63)54-51-48-45-42-21-18-15-12-9-6-3)68-62(65)56-53-50-47-44-41-38-23-20-17-14-11-8-5-2/h12,15,22,24,26-27,59H,4-11,13-14,16-21,23,25,28-58H2,1-3H3/b15-12-,24-22-,27-26-. The van der Waals surface area contributed by atoms with Crippen molar-refractivity contribution >= 4 is 17.9 Å². The Kier molecular flexibility index (Phi) is 55.2. The number of hydrogen-bond donors (Lipinski definition) is 0. The second kappa shape index (κ2) is 57.2. The van der Waals surface area contributed by atoms with Gasteiger partial charge in [0.1, 0.15) is 13.2 Å². The van der Waals surface area contributed by atoms with Crippen LogP contribution in [0.5, 0.6) is 0 Å². The average molecular weight is 956 g/mol. The Hall–Kier alpha value is -2.37. The lowest BCUT2D eigenvalue weighted by Gasteiger charge is -2.18. The molecule has 6 heteroatoms. The van der Waals surface area contributed by atoms with Crippen molar-refractivity contribution < 1.29 is 28.6 Å². The van der Waals surface area contributed by atoms with Gasteiger partial charge in [-0.3, -0.25) is 14.4 Å². The van der Waals surface area contributed by atoms with E-state index in [0.29, 0.717) is 19.3 Å². The van der Waals surface area contributed by atoms with Crippen LogP contribution in [0, 0.1) is 0 Å². The molecule has 0 heterocycles. The second-order valence-electron chi connectivity index (χ2n) is 20.3. The Morgan fingerprint density at radius 2 is 0.559 bits per heavy atom. The third kappa shape index (κ3) is 54.6. The van der Waals surface area contributed by atoms with Crippen LogP contribution in [0.15, 0.2) is 36.5 Å². The lowest BCUT2D eigenvalue weighted by Crippen LogP contribution is -2.30. The van der Waals surface area contributed by atoms with Crippen LogP contribution in [-0.4, -0.2) is 37.2 Å². The summed E-state index contributed by atoms with van der Waals surface area (Å²) >= 11 is 0. The van der Waals surface area contributed by atoms with E-state index in [0.717, 1.165) is 77.0 Å². The smallest absolute Gasteiger partial charge is 0.306 e. The summed E-state index contributed by atoms with van der Waals surface area (Å²) < 4.78 is 16.8. The molecule has 0 spiro atoms. The minimum absolute atomic E-state index is 0.0706. The topological polar surface area (TPSA) is 78.9 Å². The van der Waals surface area contributed by atoms with E-state index in [9.17, 15) is 14.4 Å². The molecule has 0 aliphatic heterocycles. The first-order valence-corrected chi connectivity index (χ1v) is 30.0. The zero-order valence-corrected chi connectivity index (χ0v) is 45.6. The van der Waals surface area contributed by atoms with Gasteiger partial charge < -0.3 is 14.2 Å². The summed E-state index contributed by atoms with van der Waals surface area (Å²) in [5, 5.41) is 0. The van der Waals surface area contributed by atoms with Gasteiger partial charge >= 0.3 is 17.9 Å². The highest BCUT2D eigenvalue weighted by atomic mass is 16.6. The molecule has 6 nitrogen and oxygen atoms in total. The number of carbonyl (C=O) groups excluding carboxylic acids is 3. The van der Waals surface area contributed by atoms with Crippen molar-refractivity contribution in [1.29, 1.82) is 0 Å². The maximum atomic E-state index is 12.8. The van der Waals surface area contributed by atoms with Crippen LogP contribution in [0.4, 0.5) is 0 Å². The lowest BCUT2D eigenvalue weighted by molar-refractivity contribution is -0.167. The van der Waals surface area contributed by atoms with Crippen LogP contribution in [0.3, 0.4) is 0 Å². The fraction of sp³-hybridized carbons (Fsp3) is 0.855. The molecule has 68 heavy (non-hydrogen) atoms. The third-order valence-electron chi connectivity index (χ3n) is 13.3. The van der Waals surface area contributed by atoms with Crippen molar-refractivity contribution in [2.24, 2.45) is 0 Å². The predicted molar refractivity (Wildman–Crippen MR) is 293 cm³/mol. The first-order valence-electron chi connectivity index (χ1n) is 30.0. The number of unbranched alkanes of at least 4 members (excludes halogenated alkanes) is 38. The molecule has 0 aromatic carbocycles. The molecule has 0 saturated heterocycles. The van der Waals surface area contributed by atoms with Crippen LogP contribution in [0.25, 0.3) is 0 Å². The maximum Gasteiger partial charge on any atom is 0.306 e. The highest BCUT2D eigenvalue weighted by Crippen LogP contribution is 2.17. The van der Waals surface area contributed by atoms with E-state index in [4.69, 9.17) is 14.2 Å². The van der Waals surface area contributed by atoms with Crippen molar-refractivity contribution in [3.8, 4) is 0 Å². The normalized spacial score (nSPS) is 12.2. The molecule has 0 rings (SSSR count). The zero-order valence-electron chi connectivity index (χ0n) is 45.6. The lowest BCUT2D eigenvalue weighted by atomic mass is 10.0. The monoisotopic (exact) mass is 955 g/mol. The van der Waals surface area contributed by atoms with Crippen LogP contribution in [-0.2, 0) is 28.6 Å². The first-order chi connectivity index (χ1) is 33.5. The van der Waals surface area contributed by atoms with E-state index < -0.39 is 6.10 Å². The number of ether oxygens (including phenoxy) is 3. The minimum Gasteiger partial charge on any atom is -0.462 e. The highest BCUT2D eigenvalue weighted by molar-refractivity contribution is 5.71. The van der Waals surface area contributed by atoms with Crippen LogP contribution in [0.1, 0.15) is 323 Å². The quantitative estimate of drug-likeness (QED) is 0.0262. The summed E-state index contributed by atoms with van der Waals surface area (Å²) in [6, 6.07) is 0. The summed E-state index contributed by atoms with van der Waals surface area (Å²) in [6.45, 7) is 6.60. The largest absolute Gasteiger partial charge is 0.462 e. The Labute approximate surface area is 423 Å². The fourth-order valence-electron chi connectivity index (χ4n) is 8.83. The van der Waals surface area contributed by atoms with E-state index in [1.54, 1.807) is 0 Å². The maximum absolute atomic E-state index is 12.8. The molecule has 0 radical (unpaired) electrons. The first kappa shape index (κ1) is 65.6. The van der Waals surface area contributed by atoms with Gasteiger partial charge in [0, 0.05) is 19.3 Å². The van der Waals surface area contributed by atoms with Gasteiger partial charge in [-0.1, -0.05) is 269 Å². The summed E-state index contributed by atoms with van der Waals surface area (Å²) in [7, 11) is 0. The Morgan fingerprint density at radius 1 is 0.294 bits per heavy atom. The Balaban J connectivity index is 4.12. The molecule has 0 N–H and O–H groups in total. The van der Waals surface area contributed by atoms with Crippen molar-refractivity contribution in [1.82, 2.24) is 0 Å². The molecule has 0 aromatic heterocycles. The number of hydrogen-bond acceptors (Lipinski definition) is 6.